The van der Waals surface area contributed by atoms with Crippen LogP contribution < -0.4 is 10.1 Å². The van der Waals surface area contributed by atoms with Crippen LogP contribution in [0.1, 0.15) is 17.9 Å². The Labute approximate surface area is 94.0 Å². The van der Waals surface area contributed by atoms with Gasteiger partial charge in [-0.05, 0) is 19.0 Å². The van der Waals surface area contributed by atoms with E-state index in [4.69, 9.17) is 16.3 Å². The average molecular weight is 228 g/mol. The fraction of sp³-hybridized carbons (Fsp3) is 0.455. The fourth-order valence-electron chi connectivity index (χ4n) is 1.98. The largest absolute Gasteiger partial charge is 0.504 e. The molecule has 1 aromatic carbocycles. The topological polar surface area (TPSA) is 41.5 Å². The Morgan fingerprint density at radius 3 is 2.93 bits per heavy atom. The minimum atomic E-state index is 0.218. The van der Waals surface area contributed by atoms with Crippen LogP contribution in [0.25, 0.3) is 0 Å². The molecule has 0 bridgehead atoms. The molecule has 1 heterocycles. The van der Waals surface area contributed by atoms with E-state index in [-0.39, 0.29) is 5.75 Å². The van der Waals surface area contributed by atoms with Crippen LogP contribution in [0.4, 0.5) is 0 Å². The van der Waals surface area contributed by atoms with E-state index in [1.54, 1.807) is 6.07 Å². The Kier molecular flexibility index (Phi) is 3.03. The van der Waals surface area contributed by atoms with Crippen molar-refractivity contribution in [3.63, 3.8) is 0 Å². The van der Waals surface area contributed by atoms with Crippen LogP contribution in [0, 0.1) is 0 Å². The lowest BCUT2D eigenvalue weighted by atomic mass is 9.97. The molecule has 0 spiro atoms. The zero-order chi connectivity index (χ0) is 10.8. The summed E-state index contributed by atoms with van der Waals surface area (Å²) in [6.07, 6.45) is 1.02. The van der Waals surface area contributed by atoms with Gasteiger partial charge in [-0.2, -0.15) is 0 Å². The lowest BCUT2D eigenvalue weighted by Crippen LogP contribution is -2.08. The molecule has 1 aliphatic heterocycles. The predicted octanol–water partition coefficient (Wildman–Crippen LogP) is 2.13. The van der Waals surface area contributed by atoms with E-state index in [0.717, 1.165) is 25.1 Å². The van der Waals surface area contributed by atoms with E-state index >= 15 is 0 Å². The van der Waals surface area contributed by atoms with Crippen molar-refractivity contribution in [1.82, 2.24) is 5.32 Å². The van der Waals surface area contributed by atoms with Crippen LogP contribution in [0.2, 0.25) is 5.02 Å². The van der Waals surface area contributed by atoms with Crippen molar-refractivity contribution in [2.45, 2.75) is 12.3 Å². The highest BCUT2D eigenvalue weighted by atomic mass is 35.5. The highest BCUT2D eigenvalue weighted by molar-refractivity contribution is 6.30. The number of benzene rings is 1. The molecule has 0 radical (unpaired) electrons. The first-order valence-corrected chi connectivity index (χ1v) is 5.37. The minimum Gasteiger partial charge on any atom is -0.504 e. The third-order valence-corrected chi connectivity index (χ3v) is 3.01. The molecule has 2 N–H and O–H groups in total. The highest BCUT2D eigenvalue weighted by Gasteiger charge is 2.22. The quantitative estimate of drug-likeness (QED) is 0.814. The van der Waals surface area contributed by atoms with Gasteiger partial charge in [0.15, 0.2) is 11.5 Å². The second kappa shape index (κ2) is 4.29. The molecule has 1 saturated heterocycles. The van der Waals surface area contributed by atoms with E-state index in [1.807, 2.05) is 6.07 Å². The number of phenolic OH excluding ortho intramolecular Hbond substituents is 1. The summed E-state index contributed by atoms with van der Waals surface area (Å²) in [5.74, 6) is 0.998. The third kappa shape index (κ3) is 2.03. The molecule has 1 aliphatic rings. The Bertz CT molecular complexity index is 362. The van der Waals surface area contributed by atoms with Crippen LogP contribution in [-0.2, 0) is 0 Å². The van der Waals surface area contributed by atoms with Gasteiger partial charge in [-0.1, -0.05) is 11.6 Å². The average Bonchev–Trinajstić information content (AvgIpc) is 2.74. The van der Waals surface area contributed by atoms with Crippen LogP contribution >= 0.6 is 11.6 Å². The SMILES string of the molecule is COc1cc(Cl)cc(C2CCNC2)c1O. The lowest BCUT2D eigenvalue weighted by Gasteiger charge is -2.14. The zero-order valence-electron chi connectivity index (χ0n) is 8.59. The van der Waals surface area contributed by atoms with Gasteiger partial charge in [-0.25, -0.2) is 0 Å². The van der Waals surface area contributed by atoms with Crippen molar-refractivity contribution in [3.05, 3.63) is 22.7 Å². The zero-order valence-corrected chi connectivity index (χ0v) is 9.34. The molecule has 0 amide bonds. The lowest BCUT2D eigenvalue weighted by molar-refractivity contribution is 0.369. The van der Waals surface area contributed by atoms with Gasteiger partial charge in [0.1, 0.15) is 0 Å². The molecule has 2 rings (SSSR count). The first-order valence-electron chi connectivity index (χ1n) is 4.99. The van der Waals surface area contributed by atoms with Gasteiger partial charge < -0.3 is 15.2 Å². The molecular formula is C11H14ClNO2. The number of hydrogen-bond acceptors (Lipinski definition) is 3. The van der Waals surface area contributed by atoms with Crippen LogP contribution in [-0.4, -0.2) is 25.3 Å². The van der Waals surface area contributed by atoms with E-state index in [2.05, 4.69) is 5.32 Å². The third-order valence-electron chi connectivity index (χ3n) is 2.79. The van der Waals surface area contributed by atoms with Gasteiger partial charge in [-0.3, -0.25) is 0 Å². The van der Waals surface area contributed by atoms with Crippen molar-refractivity contribution in [1.29, 1.82) is 0 Å². The first kappa shape index (κ1) is 10.6. The van der Waals surface area contributed by atoms with E-state index < -0.39 is 0 Å². The van der Waals surface area contributed by atoms with Gasteiger partial charge in [0, 0.05) is 29.1 Å². The van der Waals surface area contributed by atoms with Crippen LogP contribution in [0.3, 0.4) is 0 Å². The smallest absolute Gasteiger partial charge is 0.162 e. The van der Waals surface area contributed by atoms with Gasteiger partial charge in [0.05, 0.1) is 7.11 Å². The number of phenols is 1. The molecule has 82 valence electrons. The second-order valence-corrected chi connectivity index (χ2v) is 4.17. The van der Waals surface area contributed by atoms with E-state index in [0.29, 0.717) is 16.7 Å². The normalized spacial score (nSPS) is 20.5. The number of halogens is 1. The molecule has 1 fully saturated rings. The van der Waals surface area contributed by atoms with Gasteiger partial charge >= 0.3 is 0 Å². The Morgan fingerprint density at radius 2 is 2.33 bits per heavy atom. The summed E-state index contributed by atoms with van der Waals surface area (Å²) in [6.45, 7) is 1.87. The molecule has 0 aliphatic carbocycles. The van der Waals surface area contributed by atoms with Crippen molar-refractivity contribution >= 4 is 11.6 Å². The van der Waals surface area contributed by atoms with Gasteiger partial charge in [0.25, 0.3) is 0 Å². The molecule has 3 nitrogen and oxygen atoms in total. The van der Waals surface area contributed by atoms with Gasteiger partial charge in [-0.15, -0.1) is 0 Å². The van der Waals surface area contributed by atoms with Crippen LogP contribution in [0.5, 0.6) is 11.5 Å². The first-order chi connectivity index (χ1) is 7.22. The Hall–Kier alpha value is -0.930. The summed E-state index contributed by atoms with van der Waals surface area (Å²) in [5, 5.41) is 13.8. The summed E-state index contributed by atoms with van der Waals surface area (Å²) >= 11 is 5.97. The fourth-order valence-corrected chi connectivity index (χ4v) is 2.20. The number of aromatic hydroxyl groups is 1. The molecule has 1 unspecified atom stereocenters. The van der Waals surface area contributed by atoms with E-state index in [9.17, 15) is 5.11 Å². The summed E-state index contributed by atoms with van der Waals surface area (Å²) < 4.78 is 5.07. The number of ether oxygens (including phenoxy) is 1. The molecule has 4 heteroatoms. The summed E-state index contributed by atoms with van der Waals surface area (Å²) in [6, 6.07) is 3.44. The molecular weight excluding hydrogens is 214 g/mol. The minimum absolute atomic E-state index is 0.218. The van der Waals surface area contributed by atoms with Gasteiger partial charge in [0.2, 0.25) is 0 Å². The maximum absolute atomic E-state index is 9.96. The number of nitrogens with one attached hydrogen (secondary N) is 1. The molecule has 1 atom stereocenters. The number of methoxy groups -OCH3 is 1. The number of rotatable bonds is 2. The standard InChI is InChI=1S/C11H14ClNO2/c1-15-10-5-8(12)4-9(11(10)14)7-2-3-13-6-7/h4-5,7,13-14H,2-3,6H2,1H3. The number of hydrogen-bond donors (Lipinski definition) is 2. The summed E-state index contributed by atoms with van der Waals surface area (Å²) in [5.41, 5.74) is 0.879. The highest BCUT2D eigenvalue weighted by Crippen LogP contribution is 2.39. The van der Waals surface area contributed by atoms with Crippen molar-refractivity contribution < 1.29 is 9.84 Å². The van der Waals surface area contributed by atoms with E-state index in [1.165, 1.54) is 7.11 Å². The monoisotopic (exact) mass is 227 g/mol. The maximum atomic E-state index is 9.96. The summed E-state index contributed by atoms with van der Waals surface area (Å²) in [7, 11) is 1.53. The molecule has 15 heavy (non-hydrogen) atoms. The Balaban J connectivity index is 2.40. The molecule has 0 saturated carbocycles. The predicted molar refractivity (Wildman–Crippen MR) is 59.9 cm³/mol. The van der Waals surface area contributed by atoms with Crippen molar-refractivity contribution in [2.24, 2.45) is 0 Å². The maximum Gasteiger partial charge on any atom is 0.162 e. The van der Waals surface area contributed by atoms with Crippen molar-refractivity contribution in [3.8, 4) is 11.5 Å². The molecule has 1 aromatic rings. The van der Waals surface area contributed by atoms with Crippen LogP contribution in [0.15, 0.2) is 12.1 Å². The molecule has 0 aromatic heterocycles. The van der Waals surface area contributed by atoms with Crippen molar-refractivity contribution in [2.75, 3.05) is 20.2 Å². The summed E-state index contributed by atoms with van der Waals surface area (Å²) in [4.78, 5) is 0. The Morgan fingerprint density at radius 1 is 1.53 bits per heavy atom. The second-order valence-electron chi connectivity index (χ2n) is 3.74.